The van der Waals surface area contributed by atoms with Crippen molar-refractivity contribution in [3.63, 3.8) is 0 Å². The molecule has 7 nitrogen and oxygen atoms in total. The van der Waals surface area contributed by atoms with Crippen molar-refractivity contribution in [2.24, 2.45) is 0 Å². The minimum absolute atomic E-state index is 0.610. The van der Waals surface area contributed by atoms with Crippen LogP contribution < -0.4 is 24.3 Å². The quantitative estimate of drug-likeness (QED) is 0.174. The SMILES string of the molecule is CN(C)c1cccc2c1C1(c3ccc(Oc4ccc5c6ccccc6n(-c6ccccn6)c5c4)cc3N3CN(C)c4cccc1c43)c1c(cccc1N(C)C)S2. The number of aromatic nitrogens is 2. The highest BCUT2D eigenvalue weighted by atomic mass is 32.2. The van der Waals surface area contributed by atoms with Crippen LogP contribution in [-0.4, -0.2) is 51.5 Å². The molecule has 6 aromatic carbocycles. The molecule has 0 fully saturated rings. The Morgan fingerprint density at radius 1 is 0.625 bits per heavy atom. The molecule has 8 aromatic rings. The Labute approximate surface area is 331 Å². The van der Waals surface area contributed by atoms with Crippen molar-refractivity contribution in [3.05, 3.63) is 162 Å². The molecule has 0 atom stereocenters. The maximum Gasteiger partial charge on any atom is 0.137 e. The predicted molar refractivity (Wildman–Crippen MR) is 232 cm³/mol. The van der Waals surface area contributed by atoms with Crippen molar-refractivity contribution in [2.45, 2.75) is 15.2 Å². The smallest absolute Gasteiger partial charge is 0.137 e. The van der Waals surface area contributed by atoms with Crippen LogP contribution in [0.1, 0.15) is 22.3 Å². The number of benzene rings is 6. The first-order valence-corrected chi connectivity index (χ1v) is 19.8. The predicted octanol–water partition coefficient (Wildman–Crippen LogP) is 10.8. The molecule has 0 N–H and O–H groups in total. The molecule has 0 aliphatic carbocycles. The van der Waals surface area contributed by atoms with E-state index in [2.05, 4.69) is 181 Å². The van der Waals surface area contributed by atoms with E-state index in [0.29, 0.717) is 0 Å². The van der Waals surface area contributed by atoms with E-state index >= 15 is 0 Å². The average molecular weight is 749 g/mol. The van der Waals surface area contributed by atoms with Crippen LogP contribution in [0.2, 0.25) is 0 Å². The zero-order valence-electron chi connectivity index (χ0n) is 32.0. The topological polar surface area (TPSA) is 40.0 Å². The Kier molecular flexibility index (Phi) is 7.11. The monoisotopic (exact) mass is 748 g/mol. The maximum atomic E-state index is 6.91. The minimum atomic E-state index is -0.610. The van der Waals surface area contributed by atoms with Crippen LogP contribution in [0.5, 0.6) is 11.5 Å². The van der Waals surface area contributed by atoms with Gasteiger partial charge in [0.25, 0.3) is 0 Å². The largest absolute Gasteiger partial charge is 0.457 e. The lowest BCUT2D eigenvalue weighted by Gasteiger charge is -2.49. The van der Waals surface area contributed by atoms with Crippen LogP contribution in [0.15, 0.2) is 149 Å². The molecule has 3 aliphatic rings. The van der Waals surface area contributed by atoms with Gasteiger partial charge in [0.1, 0.15) is 17.3 Å². The van der Waals surface area contributed by atoms with E-state index in [1.165, 1.54) is 60.2 Å². The zero-order valence-corrected chi connectivity index (χ0v) is 32.8. The van der Waals surface area contributed by atoms with Crippen LogP contribution in [0, 0.1) is 0 Å². The van der Waals surface area contributed by atoms with Gasteiger partial charge in [-0.1, -0.05) is 66.4 Å². The van der Waals surface area contributed by atoms with Gasteiger partial charge >= 0.3 is 0 Å². The van der Waals surface area contributed by atoms with Gasteiger partial charge in [-0.2, -0.15) is 0 Å². The molecular weight excluding hydrogens is 709 g/mol. The third-order valence-electron chi connectivity index (χ3n) is 11.8. The lowest BCUT2D eigenvalue weighted by molar-refractivity contribution is 0.482. The third kappa shape index (κ3) is 4.44. The van der Waals surface area contributed by atoms with Crippen LogP contribution >= 0.6 is 11.8 Å². The van der Waals surface area contributed by atoms with Gasteiger partial charge in [0.15, 0.2) is 0 Å². The Balaban J connectivity index is 1.16. The number of hydrogen-bond donors (Lipinski definition) is 0. The molecule has 274 valence electrons. The second-order valence-corrected chi connectivity index (χ2v) is 16.5. The number of anilines is 5. The fourth-order valence-electron chi connectivity index (χ4n) is 9.62. The first kappa shape index (κ1) is 33.0. The first-order valence-electron chi connectivity index (χ1n) is 19.0. The summed E-state index contributed by atoms with van der Waals surface area (Å²) in [6.07, 6.45) is 1.85. The summed E-state index contributed by atoms with van der Waals surface area (Å²) in [5.41, 5.74) is 12.8. The highest BCUT2D eigenvalue weighted by Crippen LogP contribution is 2.67. The van der Waals surface area contributed by atoms with Crippen molar-refractivity contribution < 1.29 is 4.74 Å². The van der Waals surface area contributed by atoms with Crippen LogP contribution in [0.25, 0.3) is 27.6 Å². The molecule has 0 radical (unpaired) electrons. The molecular formula is C48H40N6OS. The van der Waals surface area contributed by atoms with E-state index in [1.54, 1.807) is 0 Å². The summed E-state index contributed by atoms with van der Waals surface area (Å²) in [7, 11) is 10.9. The standard InChI is InChI=1S/C48H40N6OS/c1-50(2)37-16-11-19-42-45(37)48(46-38(51(3)4)17-12-20-43(46)56-42)34-25-23-31(28-41(34)53-29-52(5)39-18-10-14-35(48)47(39)53)55-30-22-24-33-32-13-6-7-15-36(32)54(40(33)27-30)44-21-8-9-26-49-44/h6-28H,29H2,1-5H3. The molecule has 0 bridgehead atoms. The molecule has 0 unspecified atom stereocenters. The van der Waals surface area contributed by atoms with Gasteiger partial charge in [0.05, 0.1) is 40.2 Å². The average Bonchev–Trinajstić information content (AvgIpc) is 3.74. The Bertz CT molecular complexity index is 2840. The third-order valence-corrected chi connectivity index (χ3v) is 12.9. The number of fused-ring (bicyclic) bond motifs is 11. The van der Waals surface area contributed by atoms with Crippen molar-refractivity contribution in [2.75, 3.05) is 61.5 Å². The molecule has 1 spiro atoms. The second kappa shape index (κ2) is 12.1. The lowest BCUT2D eigenvalue weighted by atomic mass is 9.61. The summed E-state index contributed by atoms with van der Waals surface area (Å²) >= 11 is 1.88. The molecule has 11 rings (SSSR count). The zero-order chi connectivity index (χ0) is 37.9. The van der Waals surface area contributed by atoms with Gasteiger partial charge in [-0.3, -0.25) is 4.57 Å². The van der Waals surface area contributed by atoms with Crippen molar-refractivity contribution in [3.8, 4) is 17.3 Å². The van der Waals surface area contributed by atoms with E-state index in [4.69, 9.17) is 9.72 Å². The summed E-state index contributed by atoms with van der Waals surface area (Å²) in [5.74, 6) is 2.45. The number of nitrogens with zero attached hydrogens (tertiary/aromatic N) is 6. The van der Waals surface area contributed by atoms with Crippen LogP contribution in [0.3, 0.4) is 0 Å². The summed E-state index contributed by atoms with van der Waals surface area (Å²) in [6, 6.07) is 48.2. The molecule has 0 amide bonds. The highest BCUT2D eigenvalue weighted by Gasteiger charge is 2.54. The van der Waals surface area contributed by atoms with Crippen molar-refractivity contribution in [1.82, 2.24) is 9.55 Å². The maximum absolute atomic E-state index is 6.91. The van der Waals surface area contributed by atoms with Gasteiger partial charge in [0.2, 0.25) is 0 Å². The molecule has 0 saturated carbocycles. The van der Waals surface area contributed by atoms with Crippen LogP contribution in [0.4, 0.5) is 28.4 Å². The van der Waals surface area contributed by atoms with E-state index in [0.717, 1.165) is 46.1 Å². The first-order chi connectivity index (χ1) is 27.3. The molecule has 0 saturated heterocycles. The van der Waals surface area contributed by atoms with E-state index in [1.807, 2.05) is 30.1 Å². The lowest BCUT2D eigenvalue weighted by Crippen LogP contribution is -2.42. The molecule has 2 aromatic heterocycles. The van der Waals surface area contributed by atoms with Crippen molar-refractivity contribution in [1.29, 1.82) is 0 Å². The Hall–Kier alpha value is -6.38. The number of para-hydroxylation sites is 2. The van der Waals surface area contributed by atoms with E-state index in [-0.39, 0.29) is 0 Å². The number of pyridine rings is 1. The normalized spacial score (nSPS) is 14.4. The highest BCUT2D eigenvalue weighted by molar-refractivity contribution is 7.99. The molecule has 5 heterocycles. The summed E-state index contributed by atoms with van der Waals surface area (Å²) in [5, 5.41) is 2.35. The number of hydrogen-bond acceptors (Lipinski definition) is 7. The molecule has 3 aliphatic heterocycles. The molecule has 56 heavy (non-hydrogen) atoms. The van der Waals surface area contributed by atoms with Crippen LogP contribution in [-0.2, 0) is 5.41 Å². The summed E-state index contributed by atoms with van der Waals surface area (Å²) in [6.45, 7) is 0.744. The van der Waals surface area contributed by atoms with Gasteiger partial charge in [-0.05, 0) is 77.9 Å². The Morgan fingerprint density at radius 2 is 1.30 bits per heavy atom. The second-order valence-electron chi connectivity index (χ2n) is 15.4. The molecule has 8 heteroatoms. The number of ether oxygens (including phenoxy) is 1. The summed E-state index contributed by atoms with van der Waals surface area (Å²) in [4.78, 5) is 16.7. The van der Waals surface area contributed by atoms with Gasteiger partial charge < -0.3 is 24.3 Å². The van der Waals surface area contributed by atoms with E-state index < -0.39 is 5.41 Å². The van der Waals surface area contributed by atoms with Gasteiger partial charge in [0, 0.05) is 96.6 Å². The summed E-state index contributed by atoms with van der Waals surface area (Å²) < 4.78 is 9.14. The minimum Gasteiger partial charge on any atom is -0.457 e. The van der Waals surface area contributed by atoms with Gasteiger partial charge in [-0.15, -0.1) is 0 Å². The van der Waals surface area contributed by atoms with Gasteiger partial charge in [-0.25, -0.2) is 4.98 Å². The van der Waals surface area contributed by atoms with E-state index in [9.17, 15) is 0 Å². The number of rotatable bonds is 5. The fourth-order valence-corrected chi connectivity index (χ4v) is 10.9. The Morgan fingerprint density at radius 3 is 2.04 bits per heavy atom. The van der Waals surface area contributed by atoms with Crippen molar-refractivity contribution >= 4 is 62.0 Å². The fraction of sp³-hybridized carbons (Fsp3) is 0.146.